The molecule has 39 heavy (non-hydrogen) atoms. The predicted octanol–water partition coefficient (Wildman–Crippen LogP) is 3.61. The van der Waals surface area contributed by atoms with Crippen LogP contribution >= 0.6 is 0 Å². The number of pyridine rings is 2. The molecule has 0 aliphatic carbocycles. The van der Waals surface area contributed by atoms with E-state index in [1.54, 1.807) is 0 Å². The number of halogens is 6. The molecule has 2 atom stereocenters. The summed E-state index contributed by atoms with van der Waals surface area (Å²) < 4.78 is 69.8. The monoisotopic (exact) mass is 566 g/mol. The Morgan fingerprint density at radius 2 is 1.64 bits per heavy atom. The van der Waals surface area contributed by atoms with Crippen LogP contribution in [0.5, 0.6) is 0 Å². The number of hydrogen-bond acceptors (Lipinski definition) is 7. The largest absolute Gasteiger partial charge is 0.490 e. The van der Waals surface area contributed by atoms with Gasteiger partial charge in [-0.15, -0.1) is 0 Å². The minimum absolute atomic E-state index is 0.0378. The van der Waals surface area contributed by atoms with E-state index in [2.05, 4.69) is 51.1 Å². The molecule has 2 aliphatic rings. The first-order chi connectivity index (χ1) is 18.1. The fourth-order valence-electron chi connectivity index (χ4n) is 4.07. The highest BCUT2D eigenvalue weighted by atomic mass is 19.4. The number of nitrogens with zero attached hydrogens (tertiary/aromatic N) is 4. The van der Waals surface area contributed by atoms with Crippen LogP contribution in [0.25, 0.3) is 0 Å². The van der Waals surface area contributed by atoms with Gasteiger partial charge in [0.15, 0.2) is 0 Å². The third kappa shape index (κ3) is 10.8. The van der Waals surface area contributed by atoms with Gasteiger partial charge in [0, 0.05) is 50.8 Å². The van der Waals surface area contributed by atoms with Gasteiger partial charge in [-0.3, -0.25) is 19.8 Å². The van der Waals surface area contributed by atoms with E-state index in [4.69, 9.17) is 24.5 Å². The molecule has 0 radical (unpaired) electrons. The van der Waals surface area contributed by atoms with Crippen molar-refractivity contribution in [1.29, 1.82) is 0 Å². The fraction of sp³-hybridized carbons (Fsp3) is 0.500. The van der Waals surface area contributed by atoms with Gasteiger partial charge in [-0.25, -0.2) is 9.59 Å². The van der Waals surface area contributed by atoms with Crippen LogP contribution in [0.1, 0.15) is 24.1 Å². The van der Waals surface area contributed by atoms with E-state index in [1.807, 2.05) is 24.7 Å². The van der Waals surface area contributed by atoms with Crippen LogP contribution in [0.15, 0.2) is 48.9 Å². The summed E-state index contributed by atoms with van der Waals surface area (Å²) in [5, 5.41) is 14.2. The van der Waals surface area contributed by atoms with E-state index in [0.717, 1.165) is 51.3 Å². The lowest BCUT2D eigenvalue weighted by Crippen LogP contribution is -2.36. The second-order valence-electron chi connectivity index (χ2n) is 9.01. The lowest BCUT2D eigenvalue weighted by molar-refractivity contribution is -0.193. The number of carboxylic acids is 2. The molecular weight excluding hydrogens is 538 g/mol. The molecule has 0 aromatic carbocycles. The average molecular weight is 566 g/mol. The Bertz CT molecular complexity index is 1030. The molecule has 9 nitrogen and oxygen atoms in total. The van der Waals surface area contributed by atoms with Gasteiger partial charge in [0.2, 0.25) is 0 Å². The minimum atomic E-state index is -5.08. The van der Waals surface area contributed by atoms with Crippen molar-refractivity contribution in [3.8, 4) is 0 Å². The quantitative estimate of drug-likeness (QED) is 0.524. The predicted molar refractivity (Wildman–Crippen MR) is 124 cm³/mol. The maximum Gasteiger partial charge on any atom is 0.490 e. The zero-order valence-corrected chi connectivity index (χ0v) is 20.8. The highest BCUT2D eigenvalue weighted by Gasteiger charge is 2.46. The summed E-state index contributed by atoms with van der Waals surface area (Å²) in [6.07, 6.45) is -2.31. The molecule has 0 bridgehead atoms. The van der Waals surface area contributed by atoms with Gasteiger partial charge in [-0.2, -0.15) is 26.3 Å². The Morgan fingerprint density at radius 1 is 1.05 bits per heavy atom. The van der Waals surface area contributed by atoms with E-state index < -0.39 is 24.3 Å². The van der Waals surface area contributed by atoms with Gasteiger partial charge in [0.1, 0.15) is 0 Å². The maximum absolute atomic E-state index is 10.6. The summed E-state index contributed by atoms with van der Waals surface area (Å²) in [5.41, 5.74) is 2.49. The van der Waals surface area contributed by atoms with E-state index in [0.29, 0.717) is 6.04 Å². The first-order valence-corrected chi connectivity index (χ1v) is 11.6. The summed E-state index contributed by atoms with van der Waals surface area (Å²) >= 11 is 0. The Kier molecular flexibility index (Phi) is 11.2. The number of aliphatic carboxylic acids is 2. The van der Waals surface area contributed by atoms with Crippen molar-refractivity contribution >= 4 is 11.9 Å². The normalized spacial score (nSPS) is 21.2. The Balaban J connectivity index is 0.000000317. The van der Waals surface area contributed by atoms with Crippen LogP contribution < -0.4 is 0 Å². The van der Waals surface area contributed by atoms with E-state index in [9.17, 15) is 26.3 Å². The molecule has 216 valence electrons. The lowest BCUT2D eigenvalue weighted by Gasteiger charge is -2.26. The van der Waals surface area contributed by atoms with Crippen LogP contribution in [0.2, 0.25) is 0 Å². The second-order valence-corrected chi connectivity index (χ2v) is 9.01. The van der Waals surface area contributed by atoms with Crippen molar-refractivity contribution in [2.24, 2.45) is 0 Å². The molecular formula is C24H28F6N4O5. The van der Waals surface area contributed by atoms with Gasteiger partial charge >= 0.3 is 24.3 Å². The number of likely N-dealkylation sites (N-methyl/N-ethyl adjacent to an activating group) is 1. The fourth-order valence-corrected chi connectivity index (χ4v) is 4.07. The average Bonchev–Trinajstić information content (AvgIpc) is 3.46. The van der Waals surface area contributed by atoms with E-state index in [-0.39, 0.29) is 5.60 Å². The number of aromatic nitrogens is 2. The number of hydrogen-bond donors (Lipinski definition) is 2. The highest BCUT2D eigenvalue weighted by Crippen LogP contribution is 2.37. The number of ether oxygens (including phenoxy) is 1. The number of rotatable bonds is 5. The van der Waals surface area contributed by atoms with Gasteiger partial charge in [-0.05, 0) is 49.7 Å². The topological polar surface area (TPSA) is 116 Å². The molecule has 15 heteroatoms. The van der Waals surface area contributed by atoms with Crippen molar-refractivity contribution in [1.82, 2.24) is 19.8 Å². The summed E-state index contributed by atoms with van der Waals surface area (Å²) in [5.74, 6) is -5.51. The molecule has 1 spiro atoms. The molecule has 2 N–H and O–H groups in total. The Hall–Kier alpha value is -3.30. The van der Waals surface area contributed by atoms with Crippen molar-refractivity contribution in [2.45, 2.75) is 49.9 Å². The summed E-state index contributed by atoms with van der Waals surface area (Å²) in [4.78, 5) is 31.2. The molecule has 2 saturated heterocycles. The van der Waals surface area contributed by atoms with Crippen LogP contribution in [0.4, 0.5) is 26.3 Å². The van der Waals surface area contributed by atoms with Gasteiger partial charge < -0.3 is 14.9 Å². The van der Waals surface area contributed by atoms with E-state index >= 15 is 0 Å². The smallest absolute Gasteiger partial charge is 0.475 e. The third-order valence-corrected chi connectivity index (χ3v) is 5.99. The molecule has 2 unspecified atom stereocenters. The number of likely N-dealkylation sites (tertiary alicyclic amines) is 1. The summed E-state index contributed by atoms with van der Waals surface area (Å²) in [6, 6.07) is 10.8. The Morgan fingerprint density at radius 3 is 2.15 bits per heavy atom. The summed E-state index contributed by atoms with van der Waals surface area (Å²) in [7, 11) is 2.19. The second kappa shape index (κ2) is 13.7. The minimum Gasteiger partial charge on any atom is -0.475 e. The zero-order valence-electron chi connectivity index (χ0n) is 20.8. The Labute approximate surface area is 220 Å². The highest BCUT2D eigenvalue weighted by molar-refractivity contribution is 5.73. The SMILES string of the molecule is CN(Cc1ccccn1)C1COC2(CCN(Cc3ccncc3)C2)C1.O=C(O)C(F)(F)F.O=C(O)C(F)(F)F. The number of carboxylic acid groups (broad SMARTS) is 2. The van der Waals surface area contributed by atoms with Crippen LogP contribution in [0, 0.1) is 0 Å². The third-order valence-electron chi connectivity index (χ3n) is 5.99. The number of carbonyl (C=O) groups is 2. The molecule has 0 amide bonds. The lowest BCUT2D eigenvalue weighted by atomic mass is 9.96. The van der Waals surface area contributed by atoms with Gasteiger partial charge in [0.25, 0.3) is 0 Å². The van der Waals surface area contributed by atoms with E-state index in [1.165, 1.54) is 5.56 Å². The number of alkyl halides is 6. The van der Waals surface area contributed by atoms with Crippen molar-refractivity contribution in [3.63, 3.8) is 0 Å². The van der Waals surface area contributed by atoms with Crippen molar-refractivity contribution in [2.75, 3.05) is 26.7 Å². The first kappa shape index (κ1) is 31.9. The van der Waals surface area contributed by atoms with Crippen LogP contribution in [0.3, 0.4) is 0 Å². The first-order valence-electron chi connectivity index (χ1n) is 11.6. The molecule has 2 fully saturated rings. The standard InChI is InChI=1S/C20H26N4O.2C2HF3O2/c1-23(14-18-4-2-3-8-22-18)19-12-20(25-15-19)7-11-24(16-20)13-17-5-9-21-10-6-17;2*3-2(4,5)1(6)7/h2-6,8-10,19H,7,11-16H2,1H3;2*(H,6,7). The van der Waals surface area contributed by atoms with Crippen molar-refractivity contribution in [3.05, 3.63) is 60.2 Å². The molecule has 2 aliphatic heterocycles. The van der Waals surface area contributed by atoms with Crippen LogP contribution in [-0.2, 0) is 27.4 Å². The van der Waals surface area contributed by atoms with Crippen molar-refractivity contribution < 1.29 is 50.9 Å². The molecule has 4 heterocycles. The molecule has 0 saturated carbocycles. The summed E-state index contributed by atoms with van der Waals surface area (Å²) in [6.45, 7) is 4.84. The molecule has 2 aromatic heterocycles. The molecule has 2 aromatic rings. The van der Waals surface area contributed by atoms with Gasteiger partial charge in [-0.1, -0.05) is 6.07 Å². The zero-order chi connectivity index (χ0) is 29.3. The van der Waals surface area contributed by atoms with Gasteiger partial charge in [0.05, 0.1) is 17.9 Å². The van der Waals surface area contributed by atoms with Crippen LogP contribution in [-0.4, -0.2) is 92.7 Å². The molecule has 4 rings (SSSR count). The maximum atomic E-state index is 10.6.